The largest absolute Gasteiger partial charge is 0.333 e. The van der Waals surface area contributed by atoms with E-state index in [4.69, 9.17) is 16.1 Å². The first kappa shape index (κ1) is 21.5. The predicted octanol–water partition coefficient (Wildman–Crippen LogP) is 4.78. The van der Waals surface area contributed by atoms with E-state index in [0.717, 1.165) is 11.1 Å². The summed E-state index contributed by atoms with van der Waals surface area (Å²) in [5.74, 6) is 0.131. The number of amides is 1. The lowest BCUT2D eigenvalue weighted by Gasteiger charge is -2.14. The molecule has 0 aliphatic rings. The number of carbonyl (C=O) groups excluding carboxylic acids is 1. The molecule has 0 spiro atoms. The molecule has 7 nitrogen and oxygen atoms in total. The van der Waals surface area contributed by atoms with Crippen LogP contribution in [0.2, 0.25) is 5.02 Å². The highest BCUT2D eigenvalue weighted by atomic mass is 35.5. The van der Waals surface area contributed by atoms with Crippen LogP contribution in [0.5, 0.6) is 0 Å². The average Bonchev–Trinajstić information content (AvgIpc) is 3.23. The third-order valence-corrected chi connectivity index (χ3v) is 5.39. The number of nitrogens with zero attached hydrogens (tertiary/aromatic N) is 3. The smallest absolute Gasteiger partial charge is 0.264 e. The standard InChI is InChI=1S/C24H21ClN4O3/c1-14-9-10-19(18(25)11-14)26-20(30)13-29-16(3)12-15(2)21(24(29)31)23-27-22(28-32-23)17-7-5-4-6-8-17/h4-12H,13H2,1-3H3,(H,26,30). The first-order valence-electron chi connectivity index (χ1n) is 10.00. The minimum absolute atomic E-state index is 0.113. The molecular formula is C24H21ClN4O3. The third kappa shape index (κ3) is 4.33. The van der Waals surface area contributed by atoms with Crippen LogP contribution in [-0.4, -0.2) is 20.6 Å². The number of benzene rings is 2. The normalized spacial score (nSPS) is 10.9. The number of carbonyl (C=O) groups is 1. The van der Waals surface area contributed by atoms with Gasteiger partial charge in [0.1, 0.15) is 12.1 Å². The van der Waals surface area contributed by atoms with Crippen molar-refractivity contribution < 1.29 is 9.32 Å². The van der Waals surface area contributed by atoms with E-state index in [0.29, 0.717) is 27.8 Å². The van der Waals surface area contributed by atoms with Gasteiger partial charge in [0, 0.05) is 11.3 Å². The first-order chi connectivity index (χ1) is 15.3. The molecule has 2 aromatic heterocycles. The zero-order valence-corrected chi connectivity index (χ0v) is 18.6. The van der Waals surface area contributed by atoms with Crippen LogP contribution in [0.4, 0.5) is 5.69 Å². The van der Waals surface area contributed by atoms with Crippen LogP contribution in [0.3, 0.4) is 0 Å². The van der Waals surface area contributed by atoms with Gasteiger partial charge in [0.15, 0.2) is 0 Å². The highest BCUT2D eigenvalue weighted by Gasteiger charge is 2.20. The summed E-state index contributed by atoms with van der Waals surface area (Å²) in [7, 11) is 0. The molecule has 2 aromatic carbocycles. The minimum atomic E-state index is -0.379. The van der Waals surface area contributed by atoms with Crippen LogP contribution in [0.1, 0.15) is 16.8 Å². The zero-order valence-electron chi connectivity index (χ0n) is 17.8. The van der Waals surface area contributed by atoms with Crippen LogP contribution in [-0.2, 0) is 11.3 Å². The number of pyridine rings is 1. The Kier molecular flexibility index (Phi) is 5.92. The van der Waals surface area contributed by atoms with E-state index in [-0.39, 0.29) is 29.5 Å². The Labute approximate surface area is 189 Å². The van der Waals surface area contributed by atoms with E-state index in [1.54, 1.807) is 26.0 Å². The Morgan fingerprint density at radius 1 is 1.09 bits per heavy atom. The molecule has 8 heteroatoms. The lowest BCUT2D eigenvalue weighted by atomic mass is 10.1. The topological polar surface area (TPSA) is 90.0 Å². The molecule has 0 aliphatic carbocycles. The van der Waals surface area contributed by atoms with Gasteiger partial charge in [-0.1, -0.05) is 53.2 Å². The number of halogens is 1. The van der Waals surface area contributed by atoms with Crippen molar-refractivity contribution in [2.45, 2.75) is 27.3 Å². The van der Waals surface area contributed by atoms with Crippen molar-refractivity contribution in [2.75, 3.05) is 5.32 Å². The van der Waals surface area contributed by atoms with E-state index in [2.05, 4.69) is 15.5 Å². The van der Waals surface area contributed by atoms with E-state index < -0.39 is 0 Å². The Morgan fingerprint density at radius 2 is 1.84 bits per heavy atom. The van der Waals surface area contributed by atoms with Crippen molar-refractivity contribution in [3.63, 3.8) is 0 Å². The molecule has 1 amide bonds. The van der Waals surface area contributed by atoms with E-state index in [9.17, 15) is 9.59 Å². The molecule has 2 heterocycles. The highest BCUT2D eigenvalue weighted by molar-refractivity contribution is 6.33. The number of hydrogen-bond acceptors (Lipinski definition) is 5. The fraction of sp³-hybridized carbons (Fsp3) is 0.167. The maximum atomic E-state index is 13.3. The Morgan fingerprint density at radius 3 is 2.56 bits per heavy atom. The van der Waals surface area contributed by atoms with Gasteiger partial charge in [0.2, 0.25) is 11.7 Å². The molecule has 4 rings (SSSR count). The summed E-state index contributed by atoms with van der Waals surface area (Å²) in [5.41, 5.74) is 3.48. The van der Waals surface area contributed by atoms with Crippen LogP contribution >= 0.6 is 11.6 Å². The minimum Gasteiger partial charge on any atom is -0.333 e. The summed E-state index contributed by atoms with van der Waals surface area (Å²) in [6, 6.07) is 16.5. The second-order valence-electron chi connectivity index (χ2n) is 7.56. The SMILES string of the molecule is Cc1ccc(NC(=O)Cn2c(C)cc(C)c(-c3nc(-c4ccccc4)no3)c2=O)c(Cl)c1. The Bertz CT molecular complexity index is 1360. The molecule has 0 saturated heterocycles. The first-order valence-corrected chi connectivity index (χ1v) is 10.4. The quantitative estimate of drug-likeness (QED) is 0.474. The number of anilines is 1. The van der Waals surface area contributed by atoms with Crippen LogP contribution < -0.4 is 10.9 Å². The maximum Gasteiger partial charge on any atom is 0.264 e. The van der Waals surface area contributed by atoms with Crippen molar-refractivity contribution in [3.05, 3.63) is 86.8 Å². The number of rotatable bonds is 5. The fourth-order valence-electron chi connectivity index (χ4n) is 3.47. The van der Waals surface area contributed by atoms with E-state index >= 15 is 0 Å². The number of nitrogens with one attached hydrogen (secondary N) is 1. The number of aryl methyl sites for hydroxylation is 3. The van der Waals surface area contributed by atoms with Gasteiger partial charge in [-0.25, -0.2) is 0 Å². The van der Waals surface area contributed by atoms with Gasteiger partial charge in [-0.2, -0.15) is 4.98 Å². The van der Waals surface area contributed by atoms with Crippen molar-refractivity contribution >= 4 is 23.2 Å². The average molecular weight is 449 g/mol. The fourth-order valence-corrected chi connectivity index (χ4v) is 3.75. The molecule has 0 bridgehead atoms. The summed E-state index contributed by atoms with van der Waals surface area (Å²) >= 11 is 6.21. The van der Waals surface area contributed by atoms with Crippen LogP contribution in [0.15, 0.2) is 63.9 Å². The van der Waals surface area contributed by atoms with Gasteiger partial charge < -0.3 is 14.4 Å². The second kappa shape index (κ2) is 8.80. The van der Waals surface area contributed by atoms with Crippen molar-refractivity contribution in [1.29, 1.82) is 0 Å². The second-order valence-corrected chi connectivity index (χ2v) is 7.96. The van der Waals surface area contributed by atoms with E-state index in [1.165, 1.54) is 4.57 Å². The van der Waals surface area contributed by atoms with Crippen LogP contribution in [0.25, 0.3) is 22.8 Å². The maximum absolute atomic E-state index is 13.3. The van der Waals surface area contributed by atoms with Gasteiger partial charge >= 0.3 is 0 Å². The molecule has 0 fully saturated rings. The van der Waals surface area contributed by atoms with Gasteiger partial charge in [-0.3, -0.25) is 9.59 Å². The summed E-state index contributed by atoms with van der Waals surface area (Å²) in [6.45, 7) is 5.30. The molecule has 0 aliphatic heterocycles. The summed E-state index contributed by atoms with van der Waals surface area (Å²) in [4.78, 5) is 30.4. The molecule has 4 aromatic rings. The lowest BCUT2D eigenvalue weighted by molar-refractivity contribution is -0.116. The summed E-state index contributed by atoms with van der Waals surface area (Å²) in [6.07, 6.45) is 0. The predicted molar refractivity (Wildman–Crippen MR) is 124 cm³/mol. The molecule has 162 valence electrons. The van der Waals surface area contributed by atoms with Gasteiger partial charge in [-0.05, 0) is 50.1 Å². The van der Waals surface area contributed by atoms with Crippen molar-refractivity contribution in [1.82, 2.24) is 14.7 Å². The summed E-state index contributed by atoms with van der Waals surface area (Å²) in [5, 5.41) is 7.20. The molecule has 0 atom stereocenters. The zero-order chi connectivity index (χ0) is 22.8. The molecular weight excluding hydrogens is 428 g/mol. The van der Waals surface area contributed by atoms with Gasteiger partial charge in [-0.15, -0.1) is 0 Å². The van der Waals surface area contributed by atoms with Gasteiger partial charge in [0.05, 0.1) is 10.7 Å². The Balaban J connectivity index is 1.65. The number of aromatic nitrogens is 3. The molecule has 32 heavy (non-hydrogen) atoms. The molecule has 0 radical (unpaired) electrons. The highest BCUT2D eigenvalue weighted by Crippen LogP contribution is 2.24. The Hall–Kier alpha value is -3.71. The number of hydrogen-bond donors (Lipinski definition) is 1. The third-order valence-electron chi connectivity index (χ3n) is 5.08. The monoisotopic (exact) mass is 448 g/mol. The van der Waals surface area contributed by atoms with Crippen molar-refractivity contribution in [2.24, 2.45) is 0 Å². The van der Waals surface area contributed by atoms with Crippen molar-refractivity contribution in [3.8, 4) is 22.8 Å². The molecule has 0 saturated carbocycles. The lowest BCUT2D eigenvalue weighted by Crippen LogP contribution is -2.30. The summed E-state index contributed by atoms with van der Waals surface area (Å²) < 4.78 is 6.78. The molecule has 1 N–H and O–H groups in total. The van der Waals surface area contributed by atoms with Crippen LogP contribution in [0, 0.1) is 20.8 Å². The van der Waals surface area contributed by atoms with E-state index in [1.807, 2.05) is 49.4 Å². The molecule has 0 unspecified atom stereocenters. The van der Waals surface area contributed by atoms with Gasteiger partial charge in [0.25, 0.3) is 11.4 Å².